The molecule has 0 radical (unpaired) electrons. The minimum atomic E-state index is -3.87. The number of hydrogen-bond acceptors (Lipinski definition) is 4. The number of carbonyl (C=O) groups is 2. The summed E-state index contributed by atoms with van der Waals surface area (Å²) in [4.78, 5) is 24.3. The van der Waals surface area contributed by atoms with Gasteiger partial charge in [0.05, 0.1) is 21.8 Å². The Kier molecular flexibility index (Phi) is 5.43. The topological polar surface area (TPSA) is 104 Å². The van der Waals surface area contributed by atoms with Crippen LogP contribution in [0.4, 0.5) is 11.4 Å². The van der Waals surface area contributed by atoms with Crippen LogP contribution >= 0.6 is 0 Å². The number of fused-ring (bicyclic) bond motifs is 1. The van der Waals surface area contributed by atoms with E-state index in [1.165, 1.54) is 46.8 Å². The number of carbonyl (C=O) groups excluding carboxylic acids is 1. The fourth-order valence-corrected chi connectivity index (χ4v) is 5.15. The molecule has 0 spiro atoms. The van der Waals surface area contributed by atoms with Gasteiger partial charge in [0.15, 0.2) is 0 Å². The number of anilines is 2. The van der Waals surface area contributed by atoms with E-state index < -0.39 is 21.9 Å². The van der Waals surface area contributed by atoms with E-state index in [9.17, 15) is 23.1 Å². The van der Waals surface area contributed by atoms with Gasteiger partial charge in [0.1, 0.15) is 0 Å². The van der Waals surface area contributed by atoms with Crippen LogP contribution in [0.5, 0.6) is 0 Å². The summed E-state index contributed by atoms with van der Waals surface area (Å²) in [6, 6.07) is 17.1. The molecule has 0 aliphatic carbocycles. The number of nitrogens with zero attached hydrogens (tertiary/aromatic N) is 1. The van der Waals surface area contributed by atoms with Gasteiger partial charge in [-0.15, -0.1) is 6.42 Å². The Balaban J connectivity index is 1.64. The molecule has 0 aromatic heterocycles. The first-order chi connectivity index (χ1) is 15.3. The van der Waals surface area contributed by atoms with Crippen molar-refractivity contribution >= 4 is 33.3 Å². The number of rotatable bonds is 5. The second-order valence-electron chi connectivity index (χ2n) is 7.15. The number of sulfonamides is 1. The molecule has 0 fully saturated rings. The first-order valence-corrected chi connectivity index (χ1v) is 11.1. The molecule has 160 valence electrons. The molecule has 0 bridgehead atoms. The van der Waals surface area contributed by atoms with E-state index in [0.29, 0.717) is 24.2 Å². The molecule has 0 atom stereocenters. The van der Waals surface area contributed by atoms with E-state index >= 15 is 0 Å². The summed E-state index contributed by atoms with van der Waals surface area (Å²) in [6.45, 7) is 0.321. The minimum absolute atomic E-state index is 0.0250. The molecular formula is C24H18N2O5S. The third kappa shape index (κ3) is 3.82. The van der Waals surface area contributed by atoms with Crippen LogP contribution in [0.2, 0.25) is 0 Å². The zero-order valence-electron chi connectivity index (χ0n) is 16.8. The van der Waals surface area contributed by atoms with Crippen molar-refractivity contribution in [3.63, 3.8) is 0 Å². The molecule has 1 heterocycles. The van der Waals surface area contributed by atoms with E-state index in [-0.39, 0.29) is 21.7 Å². The Bertz CT molecular complexity index is 1390. The molecule has 3 aromatic carbocycles. The lowest BCUT2D eigenvalue weighted by atomic mass is 10.1. The highest BCUT2D eigenvalue weighted by molar-refractivity contribution is 7.92. The summed E-state index contributed by atoms with van der Waals surface area (Å²) < 4.78 is 27.8. The maximum absolute atomic E-state index is 13.2. The molecule has 1 aliphatic rings. The van der Waals surface area contributed by atoms with Crippen LogP contribution in [0.15, 0.2) is 71.6 Å². The monoisotopic (exact) mass is 446 g/mol. The van der Waals surface area contributed by atoms with E-state index in [1.54, 1.807) is 12.1 Å². The first kappa shape index (κ1) is 21.2. The summed E-state index contributed by atoms with van der Waals surface area (Å²) >= 11 is 0. The molecule has 0 saturated heterocycles. The number of para-hydroxylation sites is 1. The summed E-state index contributed by atoms with van der Waals surface area (Å²) in [5.74, 6) is 0.457. The van der Waals surface area contributed by atoms with Gasteiger partial charge in [-0.25, -0.2) is 13.2 Å². The van der Waals surface area contributed by atoms with Gasteiger partial charge in [0, 0.05) is 17.7 Å². The average molecular weight is 446 g/mol. The second-order valence-corrected chi connectivity index (χ2v) is 9.01. The Morgan fingerprint density at radius 3 is 2.56 bits per heavy atom. The van der Waals surface area contributed by atoms with Crippen LogP contribution in [-0.4, -0.2) is 31.9 Å². The standard InChI is InChI=1S/C24H18N2O5S/c1-2-16-10-11-21(20(14-16)24(28)29)25-23(27)18-7-5-8-19(15-18)32(30,31)26-13-12-17-6-3-4-9-22(17)26/h1,3-11,14-15H,12-13H2,(H,25,27)(H,28,29). The number of carboxylic acid groups (broad SMARTS) is 1. The molecule has 1 aliphatic heterocycles. The van der Waals surface area contributed by atoms with Crippen molar-refractivity contribution in [3.8, 4) is 12.3 Å². The highest BCUT2D eigenvalue weighted by atomic mass is 32.2. The van der Waals surface area contributed by atoms with Crippen molar-refractivity contribution in [2.75, 3.05) is 16.2 Å². The smallest absolute Gasteiger partial charge is 0.337 e. The fourth-order valence-electron chi connectivity index (χ4n) is 3.60. The first-order valence-electron chi connectivity index (χ1n) is 9.67. The summed E-state index contributed by atoms with van der Waals surface area (Å²) in [6.07, 6.45) is 5.92. The van der Waals surface area contributed by atoms with Crippen molar-refractivity contribution in [1.82, 2.24) is 0 Å². The Morgan fingerprint density at radius 1 is 1.03 bits per heavy atom. The normalized spacial score (nSPS) is 12.7. The van der Waals surface area contributed by atoms with Gasteiger partial charge in [-0.3, -0.25) is 9.10 Å². The fraction of sp³-hybridized carbons (Fsp3) is 0.0833. The van der Waals surface area contributed by atoms with Gasteiger partial charge < -0.3 is 10.4 Å². The highest BCUT2D eigenvalue weighted by Crippen LogP contribution is 2.32. The molecule has 7 nitrogen and oxygen atoms in total. The zero-order valence-corrected chi connectivity index (χ0v) is 17.6. The van der Waals surface area contributed by atoms with Crippen LogP contribution in [0, 0.1) is 12.3 Å². The quantitative estimate of drug-likeness (QED) is 0.585. The number of benzene rings is 3. The molecule has 32 heavy (non-hydrogen) atoms. The molecule has 8 heteroatoms. The third-order valence-corrected chi connectivity index (χ3v) is 7.00. The molecule has 0 unspecified atom stereocenters. The zero-order chi connectivity index (χ0) is 22.9. The van der Waals surface area contributed by atoms with E-state index in [0.717, 1.165) is 5.56 Å². The summed E-state index contributed by atoms with van der Waals surface area (Å²) in [5.41, 5.74) is 1.91. The number of carboxylic acids is 1. The van der Waals surface area contributed by atoms with Crippen LogP contribution < -0.4 is 9.62 Å². The van der Waals surface area contributed by atoms with Crippen molar-refractivity contribution in [3.05, 3.63) is 89.0 Å². The van der Waals surface area contributed by atoms with Gasteiger partial charge in [-0.1, -0.05) is 30.2 Å². The number of amides is 1. The summed E-state index contributed by atoms with van der Waals surface area (Å²) in [5, 5.41) is 11.9. The number of nitrogens with one attached hydrogen (secondary N) is 1. The number of hydrogen-bond donors (Lipinski definition) is 2. The summed E-state index contributed by atoms with van der Waals surface area (Å²) in [7, 11) is -3.87. The maximum atomic E-state index is 13.2. The lowest BCUT2D eigenvalue weighted by Gasteiger charge is -2.20. The largest absolute Gasteiger partial charge is 0.478 e. The van der Waals surface area contributed by atoms with Crippen molar-refractivity contribution in [2.45, 2.75) is 11.3 Å². The average Bonchev–Trinajstić information content (AvgIpc) is 3.24. The number of aromatic carboxylic acids is 1. The third-order valence-electron chi connectivity index (χ3n) is 5.19. The Labute approximate surface area is 185 Å². The maximum Gasteiger partial charge on any atom is 0.337 e. The molecule has 1 amide bonds. The lowest BCUT2D eigenvalue weighted by Crippen LogP contribution is -2.29. The van der Waals surface area contributed by atoms with E-state index in [4.69, 9.17) is 6.42 Å². The van der Waals surface area contributed by atoms with Gasteiger partial charge >= 0.3 is 5.97 Å². The Hall–Kier alpha value is -4.09. The van der Waals surface area contributed by atoms with Gasteiger partial charge in [0.25, 0.3) is 15.9 Å². The highest BCUT2D eigenvalue weighted by Gasteiger charge is 2.31. The molecule has 0 saturated carbocycles. The molecule has 4 rings (SSSR count). The second kappa shape index (κ2) is 8.21. The van der Waals surface area contributed by atoms with E-state index in [2.05, 4.69) is 11.2 Å². The molecule has 2 N–H and O–H groups in total. The van der Waals surface area contributed by atoms with Crippen molar-refractivity contribution in [2.24, 2.45) is 0 Å². The Morgan fingerprint density at radius 2 is 1.81 bits per heavy atom. The molecule has 3 aromatic rings. The van der Waals surface area contributed by atoms with Crippen molar-refractivity contribution in [1.29, 1.82) is 0 Å². The minimum Gasteiger partial charge on any atom is -0.478 e. The van der Waals surface area contributed by atoms with Crippen LogP contribution in [0.1, 0.15) is 31.8 Å². The predicted molar refractivity (Wildman–Crippen MR) is 120 cm³/mol. The number of terminal acetylenes is 1. The SMILES string of the molecule is C#Cc1ccc(NC(=O)c2cccc(S(=O)(=O)N3CCc4ccccc43)c2)c(C(=O)O)c1. The van der Waals surface area contributed by atoms with Crippen LogP contribution in [-0.2, 0) is 16.4 Å². The van der Waals surface area contributed by atoms with Crippen LogP contribution in [0.25, 0.3) is 0 Å². The molecular weight excluding hydrogens is 428 g/mol. The van der Waals surface area contributed by atoms with E-state index in [1.807, 2.05) is 12.1 Å². The van der Waals surface area contributed by atoms with Gasteiger partial charge in [-0.05, 0) is 54.4 Å². The lowest BCUT2D eigenvalue weighted by molar-refractivity contribution is 0.0698. The van der Waals surface area contributed by atoms with Gasteiger partial charge in [0.2, 0.25) is 0 Å². The van der Waals surface area contributed by atoms with Crippen molar-refractivity contribution < 1.29 is 23.1 Å². The predicted octanol–water partition coefficient (Wildman–Crippen LogP) is 3.37. The van der Waals surface area contributed by atoms with Crippen LogP contribution in [0.3, 0.4) is 0 Å². The van der Waals surface area contributed by atoms with Gasteiger partial charge in [-0.2, -0.15) is 0 Å².